The average molecular weight is 327 g/mol. The quantitative estimate of drug-likeness (QED) is 0.776. The van der Waals surface area contributed by atoms with Crippen LogP contribution in [0.4, 0.5) is 5.69 Å². The third-order valence-corrected chi connectivity index (χ3v) is 4.13. The van der Waals surface area contributed by atoms with E-state index in [2.05, 4.69) is 10.3 Å². The third kappa shape index (κ3) is 3.60. The minimum atomic E-state index is -0.0185. The summed E-state index contributed by atoms with van der Waals surface area (Å²) in [5.74, 6) is 0.614. The van der Waals surface area contributed by atoms with Gasteiger partial charge in [0.05, 0.1) is 17.1 Å². The topological polar surface area (TPSA) is 58.4 Å². The number of aromatic nitrogens is 1. The Morgan fingerprint density at radius 3 is 2.91 bits per heavy atom. The van der Waals surface area contributed by atoms with Crippen molar-refractivity contribution in [2.45, 2.75) is 6.54 Å². The summed E-state index contributed by atoms with van der Waals surface area (Å²) >= 11 is 1.59. The number of benzene rings is 1. The summed E-state index contributed by atoms with van der Waals surface area (Å²) in [6.45, 7) is 0.536. The second-order valence-corrected chi connectivity index (χ2v) is 6.20. The number of anilines is 1. The van der Waals surface area contributed by atoms with Gasteiger partial charge in [0.2, 0.25) is 5.89 Å². The van der Waals surface area contributed by atoms with Crippen LogP contribution in [0.5, 0.6) is 0 Å². The zero-order valence-electron chi connectivity index (χ0n) is 12.9. The van der Waals surface area contributed by atoms with Gasteiger partial charge in [0, 0.05) is 25.3 Å². The van der Waals surface area contributed by atoms with Crippen molar-refractivity contribution in [3.63, 3.8) is 0 Å². The molecule has 6 heteroatoms. The highest BCUT2D eigenvalue weighted by molar-refractivity contribution is 7.13. The van der Waals surface area contributed by atoms with Gasteiger partial charge in [0.15, 0.2) is 0 Å². The minimum absolute atomic E-state index is 0.0185. The Bertz CT molecular complexity index is 794. The lowest BCUT2D eigenvalue weighted by atomic mass is 10.2. The highest BCUT2D eigenvalue weighted by atomic mass is 32.1. The maximum Gasteiger partial charge on any atom is 0.253 e. The van der Waals surface area contributed by atoms with Crippen molar-refractivity contribution < 1.29 is 9.21 Å². The second-order valence-electron chi connectivity index (χ2n) is 5.26. The van der Waals surface area contributed by atoms with E-state index in [-0.39, 0.29) is 5.91 Å². The highest BCUT2D eigenvalue weighted by Gasteiger charge is 2.09. The molecule has 0 fully saturated rings. The van der Waals surface area contributed by atoms with Crippen LogP contribution in [0.15, 0.2) is 52.5 Å². The molecule has 118 valence electrons. The van der Waals surface area contributed by atoms with Crippen LogP contribution in [0.2, 0.25) is 0 Å². The molecule has 23 heavy (non-hydrogen) atoms. The fraction of sp³-hybridized carbons (Fsp3) is 0.176. The molecule has 3 aromatic rings. The first-order valence-corrected chi connectivity index (χ1v) is 8.05. The van der Waals surface area contributed by atoms with Gasteiger partial charge in [-0.3, -0.25) is 4.79 Å². The first-order chi connectivity index (χ1) is 11.1. The van der Waals surface area contributed by atoms with Crippen molar-refractivity contribution in [2.75, 3.05) is 19.4 Å². The van der Waals surface area contributed by atoms with E-state index in [4.69, 9.17) is 4.42 Å². The van der Waals surface area contributed by atoms with E-state index in [0.29, 0.717) is 18.0 Å². The number of hydrogen-bond donors (Lipinski definition) is 1. The van der Waals surface area contributed by atoms with Gasteiger partial charge in [0.25, 0.3) is 5.91 Å². The third-order valence-electron chi connectivity index (χ3n) is 3.27. The fourth-order valence-electron chi connectivity index (χ4n) is 2.11. The zero-order chi connectivity index (χ0) is 16.2. The standard InChI is InChI=1S/C17H17N3O2S/c1-20(2)17(21)12-5-3-6-13(9-12)18-10-14-11-22-16(19-14)15-7-4-8-23-15/h3-9,11,18H,10H2,1-2H3. The van der Waals surface area contributed by atoms with Crippen molar-refractivity contribution >= 4 is 22.9 Å². The van der Waals surface area contributed by atoms with Crippen LogP contribution in [0, 0.1) is 0 Å². The molecule has 0 aliphatic heterocycles. The number of carbonyl (C=O) groups excluding carboxylic acids is 1. The Hall–Kier alpha value is -2.60. The molecular formula is C17H17N3O2S. The van der Waals surface area contributed by atoms with Crippen LogP contribution < -0.4 is 5.32 Å². The molecule has 0 bridgehead atoms. The van der Waals surface area contributed by atoms with Crippen molar-refractivity contribution in [3.05, 3.63) is 59.3 Å². The first kappa shape index (κ1) is 15.3. The van der Waals surface area contributed by atoms with Gasteiger partial charge in [-0.25, -0.2) is 4.98 Å². The zero-order valence-corrected chi connectivity index (χ0v) is 13.8. The fourth-order valence-corrected chi connectivity index (χ4v) is 2.77. The molecule has 1 amide bonds. The SMILES string of the molecule is CN(C)C(=O)c1cccc(NCc2coc(-c3cccs3)n2)c1. The first-order valence-electron chi connectivity index (χ1n) is 7.17. The van der Waals surface area contributed by atoms with Gasteiger partial charge < -0.3 is 14.6 Å². The lowest BCUT2D eigenvalue weighted by Gasteiger charge is -2.11. The predicted molar refractivity (Wildman–Crippen MR) is 91.6 cm³/mol. The smallest absolute Gasteiger partial charge is 0.253 e. The summed E-state index contributed by atoms with van der Waals surface area (Å²) in [5, 5.41) is 5.25. The molecule has 0 saturated carbocycles. The molecule has 0 saturated heterocycles. The van der Waals surface area contributed by atoms with E-state index in [1.54, 1.807) is 42.7 Å². The molecule has 0 aliphatic carbocycles. The molecule has 1 aromatic carbocycles. The van der Waals surface area contributed by atoms with Crippen molar-refractivity contribution in [1.82, 2.24) is 9.88 Å². The molecule has 1 N–H and O–H groups in total. The summed E-state index contributed by atoms with van der Waals surface area (Å²) in [6, 6.07) is 11.4. The van der Waals surface area contributed by atoms with E-state index < -0.39 is 0 Å². The Morgan fingerprint density at radius 1 is 1.30 bits per heavy atom. The normalized spacial score (nSPS) is 10.5. The van der Waals surface area contributed by atoms with Gasteiger partial charge in [-0.15, -0.1) is 11.3 Å². The summed E-state index contributed by atoms with van der Waals surface area (Å²) < 4.78 is 5.49. The Kier molecular flexibility index (Phi) is 4.43. The molecule has 0 atom stereocenters. The molecule has 5 nitrogen and oxygen atoms in total. The predicted octanol–water partition coefficient (Wildman–Crippen LogP) is 3.72. The Labute approximate surface area is 138 Å². The second kappa shape index (κ2) is 6.66. The maximum absolute atomic E-state index is 12.0. The monoisotopic (exact) mass is 327 g/mol. The summed E-state index contributed by atoms with van der Waals surface area (Å²) in [7, 11) is 3.48. The van der Waals surface area contributed by atoms with Gasteiger partial charge in [0.1, 0.15) is 6.26 Å². The van der Waals surface area contributed by atoms with Crippen molar-refractivity contribution in [2.24, 2.45) is 0 Å². The van der Waals surface area contributed by atoms with Gasteiger partial charge >= 0.3 is 0 Å². The number of nitrogens with zero attached hydrogens (tertiary/aromatic N) is 2. The molecule has 0 radical (unpaired) electrons. The van der Waals surface area contributed by atoms with Crippen molar-refractivity contribution in [3.8, 4) is 10.8 Å². The van der Waals surface area contributed by atoms with Crippen LogP contribution >= 0.6 is 11.3 Å². The summed E-state index contributed by atoms with van der Waals surface area (Å²) in [6.07, 6.45) is 1.65. The number of amides is 1. The van der Waals surface area contributed by atoms with Crippen molar-refractivity contribution in [1.29, 1.82) is 0 Å². The lowest BCUT2D eigenvalue weighted by molar-refractivity contribution is 0.0827. The molecule has 0 aliphatic rings. The van der Waals surface area contributed by atoms with Gasteiger partial charge in [-0.1, -0.05) is 12.1 Å². The molecule has 2 heterocycles. The van der Waals surface area contributed by atoms with Crippen LogP contribution in [0.3, 0.4) is 0 Å². The number of carbonyl (C=O) groups is 1. The number of thiophene rings is 1. The van der Waals surface area contributed by atoms with E-state index in [1.165, 1.54) is 0 Å². The largest absolute Gasteiger partial charge is 0.443 e. The van der Waals surface area contributed by atoms with Crippen LogP contribution in [0.1, 0.15) is 16.1 Å². The van der Waals surface area contributed by atoms with E-state index in [1.807, 2.05) is 35.7 Å². The van der Waals surface area contributed by atoms with E-state index in [9.17, 15) is 4.79 Å². The molecule has 3 rings (SSSR count). The Balaban J connectivity index is 1.67. The molecule has 2 aromatic heterocycles. The molecule has 0 unspecified atom stereocenters. The maximum atomic E-state index is 12.0. The van der Waals surface area contributed by atoms with Crippen LogP contribution in [-0.4, -0.2) is 29.9 Å². The highest BCUT2D eigenvalue weighted by Crippen LogP contribution is 2.24. The van der Waals surface area contributed by atoms with Gasteiger partial charge in [-0.2, -0.15) is 0 Å². The number of rotatable bonds is 5. The van der Waals surface area contributed by atoms with Gasteiger partial charge in [-0.05, 0) is 29.6 Å². The number of oxazole rings is 1. The summed E-state index contributed by atoms with van der Waals surface area (Å²) in [4.78, 5) is 19.0. The van der Waals surface area contributed by atoms with Crippen LogP contribution in [-0.2, 0) is 6.54 Å². The Morgan fingerprint density at radius 2 is 2.17 bits per heavy atom. The van der Waals surface area contributed by atoms with Crippen LogP contribution in [0.25, 0.3) is 10.8 Å². The number of hydrogen-bond acceptors (Lipinski definition) is 5. The summed E-state index contributed by atoms with van der Waals surface area (Å²) in [5.41, 5.74) is 2.34. The van der Waals surface area contributed by atoms with E-state index in [0.717, 1.165) is 16.3 Å². The average Bonchev–Trinajstić information content (AvgIpc) is 3.23. The van der Waals surface area contributed by atoms with E-state index >= 15 is 0 Å². The minimum Gasteiger partial charge on any atom is -0.443 e. The number of nitrogens with one attached hydrogen (secondary N) is 1. The molecular weight excluding hydrogens is 310 g/mol. The molecule has 0 spiro atoms. The lowest BCUT2D eigenvalue weighted by Crippen LogP contribution is -2.21.